The van der Waals surface area contributed by atoms with Gasteiger partial charge in [0, 0.05) is 12.6 Å². The van der Waals surface area contributed by atoms with Crippen molar-refractivity contribution in [1.29, 1.82) is 0 Å². The molecular formula is C24H26FNO2. The van der Waals surface area contributed by atoms with Crippen LogP contribution in [0.3, 0.4) is 0 Å². The average molecular weight is 379 g/mol. The van der Waals surface area contributed by atoms with Gasteiger partial charge in [-0.15, -0.1) is 0 Å². The van der Waals surface area contributed by atoms with Crippen molar-refractivity contribution in [3.8, 4) is 5.75 Å². The predicted molar refractivity (Wildman–Crippen MR) is 113 cm³/mol. The zero-order valence-corrected chi connectivity index (χ0v) is 17.0. The first kappa shape index (κ1) is 19.9. The molecule has 0 atom stereocenters. The topological polar surface area (TPSA) is 38.3 Å². The SMILES string of the molecule is C/C=C(\C)c1cc2c(cc1OC(C)C)C(C(=O)NC)=C(c1ccc(F)cc1)C2. The van der Waals surface area contributed by atoms with Crippen LogP contribution < -0.4 is 10.1 Å². The Balaban J connectivity index is 2.21. The number of allylic oxidation sites excluding steroid dienone is 3. The van der Waals surface area contributed by atoms with Gasteiger partial charge in [0.05, 0.1) is 11.7 Å². The third-order valence-electron chi connectivity index (χ3n) is 5.01. The number of halogens is 1. The summed E-state index contributed by atoms with van der Waals surface area (Å²) in [7, 11) is 1.62. The van der Waals surface area contributed by atoms with Crippen LogP contribution in [0.25, 0.3) is 16.7 Å². The van der Waals surface area contributed by atoms with Gasteiger partial charge in [0.15, 0.2) is 0 Å². The van der Waals surface area contributed by atoms with E-state index in [0.717, 1.165) is 39.1 Å². The largest absolute Gasteiger partial charge is 0.490 e. The number of carbonyl (C=O) groups excluding carboxylic acids is 1. The summed E-state index contributed by atoms with van der Waals surface area (Å²) in [6.07, 6.45) is 2.69. The quantitative estimate of drug-likeness (QED) is 0.771. The van der Waals surface area contributed by atoms with E-state index in [1.165, 1.54) is 12.1 Å². The molecule has 0 aromatic heterocycles. The van der Waals surface area contributed by atoms with E-state index in [-0.39, 0.29) is 17.8 Å². The van der Waals surface area contributed by atoms with Crippen molar-refractivity contribution in [1.82, 2.24) is 5.32 Å². The van der Waals surface area contributed by atoms with Gasteiger partial charge in [-0.2, -0.15) is 0 Å². The molecule has 2 aromatic carbocycles. The molecule has 0 heterocycles. The molecule has 0 fully saturated rings. The Morgan fingerprint density at radius 1 is 1.21 bits per heavy atom. The molecule has 0 aliphatic heterocycles. The van der Waals surface area contributed by atoms with Crippen LogP contribution >= 0.6 is 0 Å². The zero-order valence-electron chi connectivity index (χ0n) is 17.0. The third-order valence-corrected chi connectivity index (χ3v) is 5.01. The van der Waals surface area contributed by atoms with Gasteiger partial charge in [-0.25, -0.2) is 4.39 Å². The molecule has 0 radical (unpaired) electrons. The van der Waals surface area contributed by atoms with E-state index in [4.69, 9.17) is 4.74 Å². The van der Waals surface area contributed by atoms with Crippen LogP contribution in [0, 0.1) is 5.82 Å². The monoisotopic (exact) mass is 379 g/mol. The van der Waals surface area contributed by atoms with Crippen LogP contribution in [-0.4, -0.2) is 19.1 Å². The van der Waals surface area contributed by atoms with Gasteiger partial charge in [0.1, 0.15) is 11.6 Å². The van der Waals surface area contributed by atoms with Crippen LogP contribution in [0.2, 0.25) is 0 Å². The Bertz CT molecular complexity index is 969. The number of carbonyl (C=O) groups is 1. The number of fused-ring (bicyclic) bond motifs is 1. The lowest BCUT2D eigenvalue weighted by Crippen LogP contribution is -2.19. The Hall–Kier alpha value is -2.88. The molecule has 3 rings (SSSR count). The van der Waals surface area contributed by atoms with Crippen molar-refractivity contribution in [2.45, 2.75) is 40.2 Å². The van der Waals surface area contributed by atoms with E-state index in [1.54, 1.807) is 19.2 Å². The fourth-order valence-electron chi connectivity index (χ4n) is 3.54. The molecular weight excluding hydrogens is 353 g/mol. The second-order valence-corrected chi connectivity index (χ2v) is 7.26. The van der Waals surface area contributed by atoms with Crippen molar-refractivity contribution < 1.29 is 13.9 Å². The second-order valence-electron chi connectivity index (χ2n) is 7.26. The van der Waals surface area contributed by atoms with Crippen LogP contribution in [0.5, 0.6) is 5.75 Å². The Kier molecular flexibility index (Phi) is 5.68. The smallest absolute Gasteiger partial charge is 0.251 e. The average Bonchev–Trinajstić information content (AvgIpc) is 3.04. The molecule has 0 unspecified atom stereocenters. The molecule has 28 heavy (non-hydrogen) atoms. The maximum absolute atomic E-state index is 13.4. The molecule has 0 bridgehead atoms. The van der Waals surface area contributed by atoms with Gasteiger partial charge < -0.3 is 10.1 Å². The lowest BCUT2D eigenvalue weighted by Gasteiger charge is -2.17. The summed E-state index contributed by atoms with van der Waals surface area (Å²) in [5, 5.41) is 2.74. The van der Waals surface area contributed by atoms with Gasteiger partial charge in [-0.1, -0.05) is 18.2 Å². The van der Waals surface area contributed by atoms with Gasteiger partial charge >= 0.3 is 0 Å². The number of rotatable bonds is 5. The van der Waals surface area contributed by atoms with E-state index in [0.29, 0.717) is 12.0 Å². The number of hydrogen-bond acceptors (Lipinski definition) is 2. The standard InChI is InChI=1S/C24H26FNO2/c1-6-15(4)19-11-17-12-20(16-7-9-18(25)10-8-16)23(24(27)26-5)21(17)13-22(19)28-14(2)3/h6-11,13-14H,12H2,1-5H3,(H,26,27)/b15-6+. The summed E-state index contributed by atoms with van der Waals surface area (Å²) in [5.41, 5.74) is 6.49. The molecule has 1 aliphatic carbocycles. The van der Waals surface area contributed by atoms with Crippen LogP contribution in [0.1, 0.15) is 49.9 Å². The molecule has 2 aromatic rings. The summed E-state index contributed by atoms with van der Waals surface area (Å²) in [5.74, 6) is 0.329. The first-order valence-electron chi connectivity index (χ1n) is 9.54. The molecule has 1 amide bonds. The number of benzene rings is 2. The highest BCUT2D eigenvalue weighted by atomic mass is 19.1. The van der Waals surface area contributed by atoms with Crippen LogP contribution in [0.15, 0.2) is 42.5 Å². The molecule has 0 saturated carbocycles. The zero-order chi connectivity index (χ0) is 20.4. The maximum Gasteiger partial charge on any atom is 0.251 e. The number of ether oxygens (including phenoxy) is 1. The maximum atomic E-state index is 13.4. The van der Waals surface area contributed by atoms with E-state index in [2.05, 4.69) is 24.4 Å². The van der Waals surface area contributed by atoms with Crippen LogP contribution in [-0.2, 0) is 11.2 Å². The molecule has 4 heteroatoms. The highest BCUT2D eigenvalue weighted by molar-refractivity contribution is 6.29. The highest BCUT2D eigenvalue weighted by Crippen LogP contribution is 2.43. The first-order valence-corrected chi connectivity index (χ1v) is 9.54. The molecule has 0 saturated heterocycles. The Morgan fingerprint density at radius 3 is 2.46 bits per heavy atom. The fraction of sp³-hybridized carbons (Fsp3) is 0.292. The van der Waals surface area contributed by atoms with Gasteiger partial charge in [-0.05, 0) is 86.2 Å². The van der Waals surface area contributed by atoms with Crippen molar-refractivity contribution in [2.24, 2.45) is 0 Å². The van der Waals surface area contributed by atoms with Crippen molar-refractivity contribution in [3.63, 3.8) is 0 Å². The van der Waals surface area contributed by atoms with E-state index < -0.39 is 0 Å². The van der Waals surface area contributed by atoms with E-state index >= 15 is 0 Å². The predicted octanol–water partition coefficient (Wildman–Crippen LogP) is 5.25. The van der Waals surface area contributed by atoms with E-state index in [1.807, 2.05) is 26.8 Å². The molecule has 3 nitrogen and oxygen atoms in total. The summed E-state index contributed by atoms with van der Waals surface area (Å²) in [6, 6.07) is 10.4. The summed E-state index contributed by atoms with van der Waals surface area (Å²) >= 11 is 0. The van der Waals surface area contributed by atoms with E-state index in [9.17, 15) is 9.18 Å². The molecule has 0 spiro atoms. The normalized spacial score (nSPS) is 13.8. The third kappa shape index (κ3) is 3.72. The first-order chi connectivity index (χ1) is 13.3. The lowest BCUT2D eigenvalue weighted by atomic mass is 9.97. The fourth-order valence-corrected chi connectivity index (χ4v) is 3.54. The molecule has 146 valence electrons. The summed E-state index contributed by atoms with van der Waals surface area (Å²) < 4.78 is 19.5. The van der Waals surface area contributed by atoms with Crippen molar-refractivity contribution in [2.75, 3.05) is 7.05 Å². The number of likely N-dealkylation sites (N-methyl/N-ethyl adjacent to an activating group) is 1. The number of nitrogens with one attached hydrogen (secondary N) is 1. The number of amides is 1. The lowest BCUT2D eigenvalue weighted by molar-refractivity contribution is -0.115. The molecule has 1 aliphatic rings. The molecule has 1 N–H and O–H groups in total. The summed E-state index contributed by atoms with van der Waals surface area (Å²) in [4.78, 5) is 12.7. The minimum Gasteiger partial charge on any atom is -0.490 e. The minimum atomic E-state index is -0.292. The van der Waals surface area contributed by atoms with Gasteiger partial charge in [-0.3, -0.25) is 4.79 Å². The van der Waals surface area contributed by atoms with Gasteiger partial charge in [0.25, 0.3) is 5.91 Å². The van der Waals surface area contributed by atoms with Gasteiger partial charge in [0.2, 0.25) is 0 Å². The Morgan fingerprint density at radius 2 is 1.89 bits per heavy atom. The minimum absolute atomic E-state index is 0.0202. The number of hydrogen-bond donors (Lipinski definition) is 1. The highest BCUT2D eigenvalue weighted by Gasteiger charge is 2.29. The summed E-state index contributed by atoms with van der Waals surface area (Å²) in [6.45, 7) is 8.03. The van der Waals surface area contributed by atoms with Crippen molar-refractivity contribution in [3.05, 3.63) is 70.5 Å². The Labute approximate surface area is 165 Å². The van der Waals surface area contributed by atoms with Crippen LogP contribution in [0.4, 0.5) is 4.39 Å². The second kappa shape index (κ2) is 8.01. The van der Waals surface area contributed by atoms with Crippen molar-refractivity contribution >= 4 is 22.6 Å².